The minimum absolute atomic E-state index is 0.0845. The summed E-state index contributed by atoms with van der Waals surface area (Å²) in [5.41, 5.74) is 3.98. The van der Waals surface area contributed by atoms with Crippen LogP contribution in [0, 0.1) is 0 Å². The van der Waals surface area contributed by atoms with Crippen LogP contribution in [0.15, 0.2) is 91.0 Å². The highest BCUT2D eigenvalue weighted by molar-refractivity contribution is 5.99. The summed E-state index contributed by atoms with van der Waals surface area (Å²) < 4.78 is 1.84. The maximum Gasteiger partial charge on any atom is 0.235 e. The topological polar surface area (TPSA) is 22.0 Å². The predicted octanol–water partition coefficient (Wildman–Crippen LogP) is 5.19. The van der Waals surface area contributed by atoms with Crippen LogP contribution in [-0.2, 0) is 6.42 Å². The van der Waals surface area contributed by atoms with E-state index in [0.717, 1.165) is 27.7 Å². The van der Waals surface area contributed by atoms with E-state index >= 15 is 0 Å². The smallest absolute Gasteiger partial charge is 0.235 e. The van der Waals surface area contributed by atoms with Crippen LogP contribution in [0.3, 0.4) is 0 Å². The standard InChI is InChI=1S/C22H17NO/c24-22(15-17-9-3-1-4-10-17)23-20-14-8-7-13-19(20)16-21(23)18-11-5-2-6-12-18/h1-14,16H,15H2. The number of aromatic nitrogens is 1. The summed E-state index contributed by atoms with van der Waals surface area (Å²) in [6.07, 6.45) is 0.388. The fourth-order valence-electron chi connectivity index (χ4n) is 3.09. The number of rotatable bonds is 3. The van der Waals surface area contributed by atoms with Crippen molar-refractivity contribution < 1.29 is 4.79 Å². The van der Waals surface area contributed by atoms with Gasteiger partial charge in [0, 0.05) is 5.39 Å². The van der Waals surface area contributed by atoms with Gasteiger partial charge in [0.2, 0.25) is 5.91 Å². The Morgan fingerprint density at radius 1 is 0.750 bits per heavy atom. The number of hydrogen-bond acceptors (Lipinski definition) is 1. The van der Waals surface area contributed by atoms with Crippen LogP contribution in [0.4, 0.5) is 0 Å². The maximum atomic E-state index is 13.0. The number of benzene rings is 3. The molecule has 0 aliphatic heterocycles. The number of carbonyl (C=O) groups excluding carboxylic acids is 1. The molecule has 0 fully saturated rings. The highest BCUT2D eigenvalue weighted by atomic mass is 16.2. The first-order valence-corrected chi connectivity index (χ1v) is 8.06. The summed E-state index contributed by atoms with van der Waals surface area (Å²) in [7, 11) is 0. The molecule has 0 amide bonds. The first kappa shape index (κ1) is 14.5. The predicted molar refractivity (Wildman–Crippen MR) is 98.1 cm³/mol. The van der Waals surface area contributed by atoms with Gasteiger partial charge in [0.15, 0.2) is 0 Å². The molecule has 24 heavy (non-hydrogen) atoms. The first-order valence-electron chi connectivity index (χ1n) is 8.06. The molecular weight excluding hydrogens is 294 g/mol. The second-order valence-electron chi connectivity index (χ2n) is 5.85. The Labute approximate surface area is 141 Å². The zero-order chi connectivity index (χ0) is 16.4. The van der Waals surface area contributed by atoms with E-state index in [2.05, 4.69) is 6.07 Å². The molecule has 0 saturated heterocycles. The molecule has 0 radical (unpaired) electrons. The normalized spacial score (nSPS) is 10.8. The number of fused-ring (bicyclic) bond motifs is 1. The van der Waals surface area contributed by atoms with Gasteiger partial charge >= 0.3 is 0 Å². The Bertz CT molecular complexity index is 984. The second kappa shape index (κ2) is 6.17. The zero-order valence-corrected chi connectivity index (χ0v) is 13.2. The van der Waals surface area contributed by atoms with Crippen LogP contribution >= 0.6 is 0 Å². The average molecular weight is 311 g/mol. The second-order valence-corrected chi connectivity index (χ2v) is 5.85. The van der Waals surface area contributed by atoms with E-state index in [1.807, 2.05) is 89.5 Å². The van der Waals surface area contributed by atoms with Gasteiger partial charge in [-0.25, -0.2) is 0 Å². The van der Waals surface area contributed by atoms with Crippen LogP contribution in [0.5, 0.6) is 0 Å². The molecule has 0 bridgehead atoms. The Hall–Kier alpha value is -3.13. The van der Waals surface area contributed by atoms with Crippen LogP contribution in [-0.4, -0.2) is 10.5 Å². The fourth-order valence-corrected chi connectivity index (χ4v) is 3.09. The third-order valence-corrected chi connectivity index (χ3v) is 4.23. The van der Waals surface area contributed by atoms with Gasteiger partial charge in [0.25, 0.3) is 0 Å². The molecule has 0 aliphatic rings. The van der Waals surface area contributed by atoms with Gasteiger partial charge in [-0.1, -0.05) is 78.9 Å². The van der Waals surface area contributed by atoms with Gasteiger partial charge in [-0.05, 0) is 23.3 Å². The van der Waals surface area contributed by atoms with Crippen molar-refractivity contribution in [2.45, 2.75) is 6.42 Å². The third kappa shape index (κ3) is 2.63. The highest BCUT2D eigenvalue weighted by Crippen LogP contribution is 2.28. The molecule has 0 saturated carbocycles. The minimum Gasteiger partial charge on any atom is -0.280 e. The molecule has 0 atom stereocenters. The van der Waals surface area contributed by atoms with E-state index in [4.69, 9.17) is 0 Å². The van der Waals surface area contributed by atoms with Crippen molar-refractivity contribution in [2.24, 2.45) is 0 Å². The minimum atomic E-state index is 0.0845. The lowest BCUT2D eigenvalue weighted by molar-refractivity contribution is 0.0921. The van der Waals surface area contributed by atoms with Gasteiger partial charge in [0.05, 0.1) is 17.6 Å². The van der Waals surface area contributed by atoms with Crippen molar-refractivity contribution in [1.82, 2.24) is 4.57 Å². The quantitative estimate of drug-likeness (QED) is 0.510. The Kier molecular flexibility index (Phi) is 3.72. The van der Waals surface area contributed by atoms with E-state index in [1.165, 1.54) is 0 Å². The van der Waals surface area contributed by atoms with Crippen molar-refractivity contribution >= 4 is 16.8 Å². The number of para-hydroxylation sites is 1. The van der Waals surface area contributed by atoms with E-state index in [1.54, 1.807) is 0 Å². The molecule has 0 spiro atoms. The fraction of sp³-hybridized carbons (Fsp3) is 0.0455. The zero-order valence-electron chi connectivity index (χ0n) is 13.2. The van der Waals surface area contributed by atoms with Crippen LogP contribution in [0.2, 0.25) is 0 Å². The first-order chi connectivity index (χ1) is 11.8. The lowest BCUT2D eigenvalue weighted by Gasteiger charge is -2.10. The molecule has 1 aromatic heterocycles. The van der Waals surface area contributed by atoms with Crippen molar-refractivity contribution in [2.75, 3.05) is 0 Å². The number of carbonyl (C=O) groups is 1. The van der Waals surface area contributed by atoms with E-state index < -0.39 is 0 Å². The molecule has 1 heterocycles. The molecule has 116 valence electrons. The van der Waals surface area contributed by atoms with Crippen molar-refractivity contribution in [1.29, 1.82) is 0 Å². The van der Waals surface area contributed by atoms with E-state index in [0.29, 0.717) is 6.42 Å². The van der Waals surface area contributed by atoms with Gasteiger partial charge in [0.1, 0.15) is 0 Å². The summed E-state index contributed by atoms with van der Waals surface area (Å²) in [6.45, 7) is 0. The van der Waals surface area contributed by atoms with Crippen LogP contribution in [0.25, 0.3) is 22.2 Å². The molecule has 0 N–H and O–H groups in total. The lowest BCUT2D eigenvalue weighted by atomic mass is 10.1. The van der Waals surface area contributed by atoms with Gasteiger partial charge < -0.3 is 0 Å². The van der Waals surface area contributed by atoms with Gasteiger partial charge in [-0.2, -0.15) is 0 Å². The van der Waals surface area contributed by atoms with Crippen LogP contribution < -0.4 is 0 Å². The van der Waals surface area contributed by atoms with Gasteiger partial charge in [-0.3, -0.25) is 9.36 Å². The van der Waals surface area contributed by atoms with E-state index in [-0.39, 0.29) is 5.91 Å². The lowest BCUT2D eigenvalue weighted by Crippen LogP contribution is -2.14. The van der Waals surface area contributed by atoms with Crippen molar-refractivity contribution in [3.63, 3.8) is 0 Å². The SMILES string of the molecule is O=C(Cc1ccccc1)n1c(-c2ccccc2)cc2ccccc21. The number of nitrogens with zero attached hydrogens (tertiary/aromatic N) is 1. The third-order valence-electron chi connectivity index (χ3n) is 4.23. The molecular formula is C22H17NO. The van der Waals surface area contributed by atoms with E-state index in [9.17, 15) is 4.79 Å². The summed E-state index contributed by atoms with van der Waals surface area (Å²) in [6, 6.07) is 30.1. The summed E-state index contributed by atoms with van der Waals surface area (Å²) in [5.74, 6) is 0.0845. The summed E-state index contributed by atoms with van der Waals surface area (Å²) in [5, 5.41) is 1.08. The number of hydrogen-bond donors (Lipinski definition) is 0. The monoisotopic (exact) mass is 311 g/mol. The van der Waals surface area contributed by atoms with Gasteiger partial charge in [-0.15, -0.1) is 0 Å². The molecule has 2 heteroatoms. The summed E-state index contributed by atoms with van der Waals surface area (Å²) >= 11 is 0. The molecule has 4 aromatic rings. The van der Waals surface area contributed by atoms with Crippen LogP contribution in [0.1, 0.15) is 10.4 Å². The largest absolute Gasteiger partial charge is 0.280 e. The molecule has 0 aliphatic carbocycles. The van der Waals surface area contributed by atoms with Crippen molar-refractivity contribution in [3.8, 4) is 11.3 Å². The average Bonchev–Trinajstić information content (AvgIpc) is 3.03. The maximum absolute atomic E-state index is 13.0. The Balaban J connectivity index is 1.85. The summed E-state index contributed by atoms with van der Waals surface area (Å²) in [4.78, 5) is 13.0. The van der Waals surface area contributed by atoms with Crippen molar-refractivity contribution in [3.05, 3.63) is 96.6 Å². The Morgan fingerprint density at radius 3 is 2.12 bits per heavy atom. The molecule has 0 unspecified atom stereocenters. The highest BCUT2D eigenvalue weighted by Gasteiger charge is 2.16. The molecule has 4 rings (SSSR count). The molecule has 3 aromatic carbocycles. The Morgan fingerprint density at radius 2 is 1.38 bits per heavy atom. The molecule has 2 nitrogen and oxygen atoms in total.